The number of amides is 1. The standard InChI is InChI=1S/C26H22N4O3/c31-24(27-15-17-16-32-22-11-5-6-12-23(22)33-17)13-14-30-21-10-4-1-7-18(21)25-26(30)29-20-9-3-2-8-19(20)28-25/h1-12,17H,13-16H2,(H,27,31). The summed E-state index contributed by atoms with van der Waals surface area (Å²) in [6.07, 6.45) is 0.112. The quantitative estimate of drug-likeness (QED) is 0.447. The number of ether oxygens (including phenoxy) is 2. The summed E-state index contributed by atoms with van der Waals surface area (Å²) in [5, 5.41) is 4.02. The molecule has 6 rings (SSSR count). The van der Waals surface area contributed by atoms with Crippen LogP contribution >= 0.6 is 0 Å². The van der Waals surface area contributed by atoms with E-state index in [-0.39, 0.29) is 12.0 Å². The van der Waals surface area contributed by atoms with Crippen molar-refractivity contribution in [2.75, 3.05) is 13.2 Å². The van der Waals surface area contributed by atoms with Crippen LogP contribution in [0.5, 0.6) is 11.5 Å². The molecule has 1 amide bonds. The van der Waals surface area contributed by atoms with Crippen LogP contribution in [0, 0.1) is 0 Å². The Kier molecular flexibility index (Phi) is 4.79. The van der Waals surface area contributed by atoms with E-state index in [1.807, 2.05) is 66.7 Å². The molecular weight excluding hydrogens is 416 g/mol. The van der Waals surface area contributed by atoms with Gasteiger partial charge in [-0.15, -0.1) is 0 Å². The minimum absolute atomic E-state index is 0.0443. The predicted octanol–water partition coefficient (Wildman–Crippen LogP) is 4.08. The molecule has 0 spiro atoms. The number of rotatable bonds is 5. The van der Waals surface area contributed by atoms with Gasteiger partial charge in [-0.1, -0.05) is 42.5 Å². The molecule has 3 heterocycles. The molecule has 1 unspecified atom stereocenters. The van der Waals surface area contributed by atoms with E-state index >= 15 is 0 Å². The maximum Gasteiger partial charge on any atom is 0.221 e. The summed E-state index contributed by atoms with van der Waals surface area (Å²) in [6.45, 7) is 1.31. The molecule has 33 heavy (non-hydrogen) atoms. The Balaban J connectivity index is 1.19. The molecule has 1 aliphatic rings. The Morgan fingerprint density at radius 2 is 1.67 bits per heavy atom. The number of carbonyl (C=O) groups is 1. The lowest BCUT2D eigenvalue weighted by molar-refractivity contribution is -0.121. The third kappa shape index (κ3) is 3.61. The number of fused-ring (bicyclic) bond motifs is 5. The van der Waals surface area contributed by atoms with Crippen LogP contribution in [0.15, 0.2) is 72.8 Å². The Hall–Kier alpha value is -4.13. The average Bonchev–Trinajstić information content (AvgIpc) is 3.17. The summed E-state index contributed by atoms with van der Waals surface area (Å²) in [5.41, 5.74) is 4.38. The van der Waals surface area contributed by atoms with Gasteiger partial charge in [0.2, 0.25) is 5.91 Å². The monoisotopic (exact) mass is 438 g/mol. The molecule has 0 saturated carbocycles. The molecule has 1 aliphatic heterocycles. The van der Waals surface area contributed by atoms with Crippen molar-refractivity contribution in [3.63, 3.8) is 0 Å². The topological polar surface area (TPSA) is 78.3 Å². The van der Waals surface area contributed by atoms with Gasteiger partial charge in [0.15, 0.2) is 17.1 Å². The van der Waals surface area contributed by atoms with Gasteiger partial charge in [0, 0.05) is 18.4 Å². The largest absolute Gasteiger partial charge is 0.486 e. The highest BCUT2D eigenvalue weighted by molar-refractivity contribution is 6.06. The van der Waals surface area contributed by atoms with Crippen LogP contribution in [0.1, 0.15) is 6.42 Å². The molecule has 164 valence electrons. The smallest absolute Gasteiger partial charge is 0.221 e. The van der Waals surface area contributed by atoms with Gasteiger partial charge in [0.25, 0.3) is 0 Å². The van der Waals surface area contributed by atoms with Crippen molar-refractivity contribution >= 4 is 39.0 Å². The fourth-order valence-corrected chi connectivity index (χ4v) is 4.30. The molecule has 0 fully saturated rings. The first-order valence-corrected chi connectivity index (χ1v) is 11.1. The molecule has 5 aromatic rings. The lowest BCUT2D eigenvalue weighted by Crippen LogP contribution is -2.40. The highest BCUT2D eigenvalue weighted by atomic mass is 16.6. The van der Waals surface area contributed by atoms with Crippen molar-refractivity contribution in [3.8, 4) is 11.5 Å². The molecule has 0 aliphatic carbocycles. The number of carbonyl (C=O) groups excluding carboxylic acids is 1. The molecule has 7 nitrogen and oxygen atoms in total. The fraction of sp³-hybridized carbons (Fsp3) is 0.192. The van der Waals surface area contributed by atoms with E-state index in [0.29, 0.717) is 31.9 Å². The molecule has 7 heteroatoms. The average molecular weight is 438 g/mol. The van der Waals surface area contributed by atoms with Gasteiger partial charge in [0.1, 0.15) is 18.2 Å². The third-order valence-electron chi connectivity index (χ3n) is 5.91. The summed E-state index contributed by atoms with van der Waals surface area (Å²) in [4.78, 5) is 22.4. The second kappa shape index (κ2) is 8.09. The summed E-state index contributed by atoms with van der Waals surface area (Å²) >= 11 is 0. The van der Waals surface area contributed by atoms with Crippen molar-refractivity contribution in [1.82, 2.24) is 19.9 Å². The second-order valence-corrected chi connectivity index (χ2v) is 8.10. The van der Waals surface area contributed by atoms with E-state index in [4.69, 9.17) is 19.4 Å². The van der Waals surface area contributed by atoms with Crippen LogP contribution in [0.2, 0.25) is 0 Å². The SMILES string of the molecule is O=C(CCn1c2ccccc2c2nc3ccccc3nc21)NCC1COc2ccccc2O1. The minimum atomic E-state index is -0.214. The maximum absolute atomic E-state index is 12.7. The molecule has 0 radical (unpaired) electrons. The van der Waals surface area contributed by atoms with Gasteiger partial charge in [-0.25, -0.2) is 9.97 Å². The van der Waals surface area contributed by atoms with Crippen molar-refractivity contribution < 1.29 is 14.3 Å². The first-order chi connectivity index (χ1) is 16.3. The summed E-state index contributed by atoms with van der Waals surface area (Å²) < 4.78 is 13.7. The number of benzene rings is 3. The highest BCUT2D eigenvalue weighted by Gasteiger charge is 2.21. The molecule has 0 saturated heterocycles. The normalized spacial score (nSPS) is 15.2. The van der Waals surface area contributed by atoms with Crippen molar-refractivity contribution in [1.29, 1.82) is 0 Å². The van der Waals surface area contributed by atoms with E-state index < -0.39 is 0 Å². The Morgan fingerprint density at radius 1 is 0.939 bits per heavy atom. The van der Waals surface area contributed by atoms with Crippen molar-refractivity contribution in [3.05, 3.63) is 72.8 Å². The van der Waals surface area contributed by atoms with Gasteiger partial charge in [0.05, 0.1) is 23.1 Å². The molecule has 2 aromatic heterocycles. The van der Waals surface area contributed by atoms with Crippen LogP contribution in [0.25, 0.3) is 33.1 Å². The lowest BCUT2D eigenvalue weighted by atomic mass is 10.2. The zero-order valence-corrected chi connectivity index (χ0v) is 17.9. The van der Waals surface area contributed by atoms with E-state index in [1.54, 1.807) is 0 Å². The summed E-state index contributed by atoms with van der Waals surface area (Å²) in [7, 11) is 0. The molecule has 0 bridgehead atoms. The number of aryl methyl sites for hydroxylation is 1. The summed E-state index contributed by atoms with van der Waals surface area (Å²) in [5.74, 6) is 1.40. The van der Waals surface area contributed by atoms with E-state index in [0.717, 1.165) is 38.8 Å². The fourth-order valence-electron chi connectivity index (χ4n) is 4.30. The predicted molar refractivity (Wildman–Crippen MR) is 127 cm³/mol. The van der Waals surface area contributed by atoms with Gasteiger partial charge in [-0.05, 0) is 30.3 Å². The van der Waals surface area contributed by atoms with E-state index in [2.05, 4.69) is 16.0 Å². The maximum atomic E-state index is 12.7. The number of hydrogen-bond donors (Lipinski definition) is 1. The molecule has 1 atom stereocenters. The van der Waals surface area contributed by atoms with Crippen LogP contribution in [0.4, 0.5) is 0 Å². The van der Waals surface area contributed by atoms with Gasteiger partial charge >= 0.3 is 0 Å². The minimum Gasteiger partial charge on any atom is -0.486 e. The van der Waals surface area contributed by atoms with Gasteiger partial charge < -0.3 is 19.4 Å². The number of para-hydroxylation sites is 5. The van der Waals surface area contributed by atoms with Crippen molar-refractivity contribution in [2.24, 2.45) is 0 Å². The van der Waals surface area contributed by atoms with Crippen LogP contribution in [-0.4, -0.2) is 39.7 Å². The van der Waals surface area contributed by atoms with Gasteiger partial charge in [-0.2, -0.15) is 0 Å². The second-order valence-electron chi connectivity index (χ2n) is 8.10. The molecular formula is C26H22N4O3. The Labute approximate surface area is 190 Å². The third-order valence-corrected chi connectivity index (χ3v) is 5.91. The lowest BCUT2D eigenvalue weighted by Gasteiger charge is -2.26. The van der Waals surface area contributed by atoms with Crippen LogP contribution < -0.4 is 14.8 Å². The zero-order valence-electron chi connectivity index (χ0n) is 17.9. The number of aromatic nitrogens is 3. The van der Waals surface area contributed by atoms with E-state index in [9.17, 15) is 4.79 Å². The van der Waals surface area contributed by atoms with E-state index in [1.165, 1.54) is 0 Å². The molecule has 1 N–H and O–H groups in total. The Bertz CT molecular complexity index is 1490. The Morgan fingerprint density at radius 3 is 2.55 bits per heavy atom. The van der Waals surface area contributed by atoms with Crippen molar-refractivity contribution in [2.45, 2.75) is 19.1 Å². The number of hydrogen-bond acceptors (Lipinski definition) is 5. The van der Waals surface area contributed by atoms with Crippen LogP contribution in [-0.2, 0) is 11.3 Å². The number of nitrogens with one attached hydrogen (secondary N) is 1. The molecule has 3 aromatic carbocycles. The highest BCUT2D eigenvalue weighted by Crippen LogP contribution is 2.31. The first-order valence-electron chi connectivity index (χ1n) is 11.1. The zero-order chi connectivity index (χ0) is 22.2. The number of nitrogens with zero attached hydrogens (tertiary/aromatic N) is 3. The van der Waals surface area contributed by atoms with Gasteiger partial charge in [-0.3, -0.25) is 4.79 Å². The summed E-state index contributed by atoms with van der Waals surface area (Å²) in [6, 6.07) is 23.5. The first kappa shape index (κ1) is 19.5. The van der Waals surface area contributed by atoms with Crippen LogP contribution in [0.3, 0.4) is 0 Å².